The fraction of sp³-hybridized carbons (Fsp3) is 0.500. The molecular weight excluding hydrogens is 266 g/mol. The van der Waals surface area contributed by atoms with Crippen molar-refractivity contribution in [2.75, 3.05) is 45.2 Å². The molecule has 114 valence electrons. The SMILES string of the molecule is CC(=O)N(CCN(C)C)CC(=O)N1CCc2ccccc21. The standard InChI is InChI=1S/C16H23N3O2/c1-13(20)18(11-10-17(2)3)12-16(21)19-9-8-14-6-4-5-7-15(14)19/h4-7H,8-12H2,1-3H3. The number of hydrogen-bond acceptors (Lipinski definition) is 3. The molecule has 1 aliphatic heterocycles. The van der Waals surface area contributed by atoms with E-state index in [1.807, 2.05) is 37.2 Å². The van der Waals surface area contributed by atoms with Crippen LogP contribution in [0, 0.1) is 0 Å². The zero-order valence-corrected chi connectivity index (χ0v) is 13.0. The average Bonchev–Trinajstić information content (AvgIpc) is 2.86. The van der Waals surface area contributed by atoms with Crippen LogP contribution in [0.15, 0.2) is 24.3 Å². The van der Waals surface area contributed by atoms with Crippen molar-refractivity contribution in [1.29, 1.82) is 0 Å². The van der Waals surface area contributed by atoms with Crippen LogP contribution in [0.1, 0.15) is 12.5 Å². The Morgan fingerprint density at radius 2 is 1.90 bits per heavy atom. The molecule has 2 rings (SSSR count). The summed E-state index contributed by atoms with van der Waals surface area (Å²) in [5, 5.41) is 0. The first-order valence-electron chi connectivity index (χ1n) is 7.27. The quantitative estimate of drug-likeness (QED) is 0.812. The predicted octanol–water partition coefficient (Wildman–Crippen LogP) is 0.986. The van der Waals surface area contributed by atoms with Crippen molar-refractivity contribution in [3.05, 3.63) is 29.8 Å². The van der Waals surface area contributed by atoms with Gasteiger partial charge in [0.15, 0.2) is 0 Å². The monoisotopic (exact) mass is 289 g/mol. The first-order valence-corrected chi connectivity index (χ1v) is 7.27. The number of amides is 2. The number of hydrogen-bond donors (Lipinski definition) is 0. The van der Waals surface area contributed by atoms with E-state index in [9.17, 15) is 9.59 Å². The number of benzene rings is 1. The number of anilines is 1. The van der Waals surface area contributed by atoms with Crippen LogP contribution in [0.25, 0.3) is 0 Å². The van der Waals surface area contributed by atoms with Gasteiger partial charge >= 0.3 is 0 Å². The molecule has 1 heterocycles. The Hall–Kier alpha value is -1.88. The number of carbonyl (C=O) groups is 2. The topological polar surface area (TPSA) is 43.9 Å². The Kier molecular flexibility index (Phi) is 4.96. The van der Waals surface area contributed by atoms with Crippen LogP contribution >= 0.6 is 0 Å². The third-order valence-electron chi connectivity index (χ3n) is 3.78. The van der Waals surface area contributed by atoms with Gasteiger partial charge in [0.25, 0.3) is 0 Å². The highest BCUT2D eigenvalue weighted by molar-refractivity contribution is 5.98. The fourth-order valence-electron chi connectivity index (χ4n) is 2.51. The van der Waals surface area contributed by atoms with Crippen molar-refractivity contribution in [1.82, 2.24) is 9.80 Å². The first-order chi connectivity index (χ1) is 9.99. The van der Waals surface area contributed by atoms with E-state index in [0.29, 0.717) is 13.1 Å². The Morgan fingerprint density at radius 1 is 1.19 bits per heavy atom. The molecule has 0 unspecified atom stereocenters. The zero-order chi connectivity index (χ0) is 15.4. The first kappa shape index (κ1) is 15.5. The second kappa shape index (κ2) is 6.72. The number of rotatable bonds is 5. The minimum Gasteiger partial charge on any atom is -0.332 e. The molecule has 0 saturated carbocycles. The molecule has 5 nitrogen and oxygen atoms in total. The highest BCUT2D eigenvalue weighted by Crippen LogP contribution is 2.27. The third-order valence-corrected chi connectivity index (χ3v) is 3.78. The van der Waals surface area contributed by atoms with Crippen molar-refractivity contribution in [2.24, 2.45) is 0 Å². The maximum absolute atomic E-state index is 12.5. The van der Waals surface area contributed by atoms with Gasteiger partial charge in [-0.1, -0.05) is 18.2 Å². The molecule has 0 aromatic heterocycles. The zero-order valence-electron chi connectivity index (χ0n) is 13.0. The van der Waals surface area contributed by atoms with E-state index in [4.69, 9.17) is 0 Å². The van der Waals surface area contributed by atoms with Gasteiger partial charge in [-0.25, -0.2) is 0 Å². The molecule has 0 atom stereocenters. The van der Waals surface area contributed by atoms with Gasteiger partial charge in [0.1, 0.15) is 6.54 Å². The van der Waals surface area contributed by atoms with Crippen LogP contribution in [0.4, 0.5) is 5.69 Å². The molecule has 0 saturated heterocycles. The van der Waals surface area contributed by atoms with Crippen molar-refractivity contribution in [3.8, 4) is 0 Å². The molecule has 0 aliphatic carbocycles. The van der Waals surface area contributed by atoms with Crippen LogP contribution < -0.4 is 4.90 Å². The molecule has 1 aliphatic rings. The van der Waals surface area contributed by atoms with Gasteiger partial charge in [-0.05, 0) is 32.1 Å². The molecule has 0 N–H and O–H groups in total. The fourth-order valence-corrected chi connectivity index (χ4v) is 2.51. The van der Waals surface area contributed by atoms with E-state index >= 15 is 0 Å². The van der Waals surface area contributed by atoms with Crippen molar-refractivity contribution < 1.29 is 9.59 Å². The summed E-state index contributed by atoms with van der Waals surface area (Å²) in [7, 11) is 3.91. The molecule has 1 aromatic rings. The molecule has 0 radical (unpaired) electrons. The third kappa shape index (κ3) is 3.82. The van der Waals surface area contributed by atoms with E-state index < -0.39 is 0 Å². The van der Waals surface area contributed by atoms with Crippen LogP contribution in [0.2, 0.25) is 0 Å². The Morgan fingerprint density at radius 3 is 2.57 bits per heavy atom. The predicted molar refractivity (Wildman–Crippen MR) is 83.3 cm³/mol. The maximum Gasteiger partial charge on any atom is 0.246 e. The summed E-state index contributed by atoms with van der Waals surface area (Å²) < 4.78 is 0. The second-order valence-corrected chi connectivity index (χ2v) is 5.67. The van der Waals surface area contributed by atoms with Gasteiger partial charge in [0, 0.05) is 32.2 Å². The van der Waals surface area contributed by atoms with Crippen LogP contribution in [-0.2, 0) is 16.0 Å². The summed E-state index contributed by atoms with van der Waals surface area (Å²) in [6.45, 7) is 3.70. The lowest BCUT2D eigenvalue weighted by molar-refractivity contribution is -0.133. The highest BCUT2D eigenvalue weighted by Gasteiger charge is 2.26. The van der Waals surface area contributed by atoms with E-state index in [0.717, 1.165) is 18.7 Å². The van der Waals surface area contributed by atoms with Crippen molar-refractivity contribution in [2.45, 2.75) is 13.3 Å². The lowest BCUT2D eigenvalue weighted by atomic mass is 10.2. The number of nitrogens with zero attached hydrogens (tertiary/aromatic N) is 3. The Bertz CT molecular complexity index is 528. The second-order valence-electron chi connectivity index (χ2n) is 5.67. The summed E-state index contributed by atoms with van der Waals surface area (Å²) in [5.74, 6) is -0.0633. The van der Waals surface area contributed by atoms with Gasteiger partial charge in [-0.2, -0.15) is 0 Å². The average molecular weight is 289 g/mol. The molecule has 2 amide bonds. The maximum atomic E-state index is 12.5. The van der Waals surface area contributed by atoms with Gasteiger partial charge in [0.2, 0.25) is 11.8 Å². The van der Waals surface area contributed by atoms with Crippen LogP contribution in [-0.4, -0.2) is 61.9 Å². The molecule has 0 spiro atoms. The van der Waals surface area contributed by atoms with E-state index in [2.05, 4.69) is 6.07 Å². The minimum absolute atomic E-state index is 0.00564. The number of carbonyl (C=O) groups excluding carboxylic acids is 2. The molecule has 1 aromatic carbocycles. The van der Waals surface area contributed by atoms with E-state index in [1.165, 1.54) is 12.5 Å². The molecule has 5 heteroatoms. The molecule has 21 heavy (non-hydrogen) atoms. The minimum atomic E-state index is -0.0577. The van der Waals surface area contributed by atoms with Gasteiger partial charge < -0.3 is 14.7 Å². The van der Waals surface area contributed by atoms with Gasteiger partial charge in [-0.3, -0.25) is 9.59 Å². The van der Waals surface area contributed by atoms with E-state index in [1.54, 1.807) is 9.80 Å². The summed E-state index contributed by atoms with van der Waals surface area (Å²) in [4.78, 5) is 29.6. The number of fused-ring (bicyclic) bond motifs is 1. The van der Waals surface area contributed by atoms with Crippen molar-refractivity contribution >= 4 is 17.5 Å². The Balaban J connectivity index is 2.01. The van der Waals surface area contributed by atoms with Crippen molar-refractivity contribution in [3.63, 3.8) is 0 Å². The summed E-state index contributed by atoms with van der Waals surface area (Å²) in [5.41, 5.74) is 2.19. The van der Waals surface area contributed by atoms with Crippen LogP contribution in [0.3, 0.4) is 0 Å². The molecule has 0 fully saturated rings. The molecule has 0 bridgehead atoms. The van der Waals surface area contributed by atoms with Gasteiger partial charge in [-0.15, -0.1) is 0 Å². The number of para-hydroxylation sites is 1. The lowest BCUT2D eigenvalue weighted by Crippen LogP contribution is -2.44. The Labute approximate surface area is 126 Å². The van der Waals surface area contributed by atoms with Gasteiger partial charge in [0.05, 0.1) is 0 Å². The van der Waals surface area contributed by atoms with Crippen LogP contribution in [0.5, 0.6) is 0 Å². The number of likely N-dealkylation sites (N-methyl/N-ethyl adjacent to an activating group) is 1. The summed E-state index contributed by atoms with van der Waals surface area (Å²) in [6, 6.07) is 7.96. The normalized spacial score (nSPS) is 13.4. The largest absolute Gasteiger partial charge is 0.332 e. The highest BCUT2D eigenvalue weighted by atomic mass is 16.2. The lowest BCUT2D eigenvalue weighted by Gasteiger charge is -2.25. The summed E-state index contributed by atoms with van der Waals surface area (Å²) >= 11 is 0. The smallest absolute Gasteiger partial charge is 0.246 e. The van der Waals surface area contributed by atoms with E-state index in [-0.39, 0.29) is 18.4 Å². The molecular formula is C16H23N3O2. The summed E-state index contributed by atoms with van der Waals surface area (Å²) in [6.07, 6.45) is 0.889.